The lowest BCUT2D eigenvalue weighted by molar-refractivity contribution is 0.388. The van der Waals surface area contributed by atoms with Gasteiger partial charge in [-0.15, -0.1) is 0 Å². The zero-order valence-corrected chi connectivity index (χ0v) is 6.40. The van der Waals surface area contributed by atoms with Gasteiger partial charge in [0.05, 0.1) is 6.54 Å². The first kappa shape index (κ1) is 7.82. The van der Waals surface area contributed by atoms with E-state index in [9.17, 15) is 0 Å². The first-order valence-electron chi connectivity index (χ1n) is 3.51. The third kappa shape index (κ3) is 2.43. The molecule has 0 saturated carbocycles. The summed E-state index contributed by atoms with van der Waals surface area (Å²) in [7, 11) is 0. The first-order chi connectivity index (χ1) is 5.33. The van der Waals surface area contributed by atoms with Crippen LogP contribution in [0.15, 0.2) is 43.1 Å². The quantitative estimate of drug-likeness (QED) is 0.520. The van der Waals surface area contributed by atoms with E-state index in [-0.39, 0.29) is 0 Å². The normalized spacial score (nSPS) is 9.18. The molecule has 2 N–H and O–H groups in total. The third-order valence-corrected chi connectivity index (χ3v) is 1.44. The van der Waals surface area contributed by atoms with Gasteiger partial charge in [-0.2, -0.15) is 0 Å². The zero-order chi connectivity index (χ0) is 8.10. The van der Waals surface area contributed by atoms with Crippen molar-refractivity contribution in [3.63, 3.8) is 0 Å². The second kappa shape index (κ2) is 3.78. The van der Waals surface area contributed by atoms with Crippen molar-refractivity contribution in [1.82, 2.24) is 5.01 Å². The van der Waals surface area contributed by atoms with Crippen LogP contribution in [0.4, 0.5) is 0 Å². The minimum absolute atomic E-state index is 0.713. The number of hydrogen-bond donors (Lipinski definition) is 1. The van der Waals surface area contributed by atoms with Gasteiger partial charge >= 0.3 is 0 Å². The van der Waals surface area contributed by atoms with E-state index in [0.717, 1.165) is 0 Å². The summed E-state index contributed by atoms with van der Waals surface area (Å²) in [4.78, 5) is 0. The van der Waals surface area contributed by atoms with Crippen molar-refractivity contribution in [3.05, 3.63) is 48.7 Å². The Balaban J connectivity index is 2.57. The Morgan fingerprint density at radius 3 is 2.55 bits per heavy atom. The molecule has 0 bridgehead atoms. The van der Waals surface area contributed by atoms with Crippen molar-refractivity contribution in [2.75, 3.05) is 0 Å². The highest BCUT2D eigenvalue weighted by Gasteiger charge is 1.91. The minimum atomic E-state index is 0.713. The fraction of sp³-hybridized carbons (Fsp3) is 0.111. The molecule has 2 heteroatoms. The SMILES string of the molecule is C=CN(N)Cc1ccccc1. The molecular weight excluding hydrogens is 136 g/mol. The molecule has 0 fully saturated rings. The summed E-state index contributed by atoms with van der Waals surface area (Å²) in [5.41, 5.74) is 1.19. The number of benzene rings is 1. The van der Waals surface area contributed by atoms with Crippen LogP contribution in [0.2, 0.25) is 0 Å². The Kier molecular flexibility index (Phi) is 2.69. The van der Waals surface area contributed by atoms with Crippen LogP contribution in [0.25, 0.3) is 0 Å². The average Bonchev–Trinajstić information content (AvgIpc) is 2.06. The van der Waals surface area contributed by atoms with E-state index in [1.807, 2.05) is 30.3 Å². The van der Waals surface area contributed by atoms with Gasteiger partial charge in [0.15, 0.2) is 0 Å². The van der Waals surface area contributed by atoms with Gasteiger partial charge in [0.25, 0.3) is 0 Å². The summed E-state index contributed by atoms with van der Waals surface area (Å²) in [6.45, 7) is 4.27. The van der Waals surface area contributed by atoms with Gasteiger partial charge in [-0.25, -0.2) is 5.84 Å². The van der Waals surface area contributed by atoms with Crippen LogP contribution < -0.4 is 5.84 Å². The van der Waals surface area contributed by atoms with Crippen molar-refractivity contribution in [3.8, 4) is 0 Å². The standard InChI is InChI=1S/C9H12N2/c1-2-11(10)8-9-6-4-3-5-7-9/h2-7H,1,8,10H2. The number of hydrogen-bond acceptors (Lipinski definition) is 2. The van der Waals surface area contributed by atoms with Crippen LogP contribution in [0.3, 0.4) is 0 Å². The van der Waals surface area contributed by atoms with Crippen LogP contribution in [0.5, 0.6) is 0 Å². The monoisotopic (exact) mass is 148 g/mol. The van der Waals surface area contributed by atoms with Crippen LogP contribution in [0.1, 0.15) is 5.56 Å². The lowest BCUT2D eigenvalue weighted by Crippen LogP contribution is -2.23. The zero-order valence-electron chi connectivity index (χ0n) is 6.40. The van der Waals surface area contributed by atoms with Gasteiger partial charge < -0.3 is 5.01 Å². The van der Waals surface area contributed by atoms with E-state index in [0.29, 0.717) is 6.54 Å². The molecule has 1 rings (SSSR count). The molecule has 58 valence electrons. The van der Waals surface area contributed by atoms with Crippen molar-refractivity contribution >= 4 is 0 Å². The molecule has 1 aromatic rings. The average molecular weight is 148 g/mol. The maximum absolute atomic E-state index is 5.52. The van der Waals surface area contributed by atoms with Gasteiger partial charge in [0, 0.05) is 6.20 Å². The van der Waals surface area contributed by atoms with E-state index in [1.54, 1.807) is 11.2 Å². The molecule has 0 aliphatic rings. The number of nitrogens with two attached hydrogens (primary N) is 1. The molecule has 0 aliphatic heterocycles. The van der Waals surface area contributed by atoms with Crippen molar-refractivity contribution in [2.24, 2.45) is 5.84 Å². The fourth-order valence-corrected chi connectivity index (χ4v) is 0.859. The molecule has 0 unspecified atom stereocenters. The van der Waals surface area contributed by atoms with Crippen LogP contribution >= 0.6 is 0 Å². The highest BCUT2D eigenvalue weighted by atomic mass is 15.4. The van der Waals surface area contributed by atoms with Crippen molar-refractivity contribution < 1.29 is 0 Å². The van der Waals surface area contributed by atoms with Gasteiger partial charge in [0.2, 0.25) is 0 Å². The van der Waals surface area contributed by atoms with Gasteiger partial charge in [-0.3, -0.25) is 0 Å². The molecule has 0 saturated heterocycles. The Labute approximate surface area is 66.9 Å². The first-order valence-corrected chi connectivity index (χ1v) is 3.51. The predicted molar refractivity (Wildman–Crippen MR) is 46.4 cm³/mol. The summed E-state index contributed by atoms with van der Waals surface area (Å²) in [5, 5.41) is 1.55. The molecule has 2 nitrogen and oxygen atoms in total. The molecule has 0 amide bonds. The summed E-state index contributed by atoms with van der Waals surface area (Å²) < 4.78 is 0. The van der Waals surface area contributed by atoms with Gasteiger partial charge in [-0.05, 0) is 5.56 Å². The van der Waals surface area contributed by atoms with Crippen LogP contribution in [0, 0.1) is 0 Å². The van der Waals surface area contributed by atoms with Crippen molar-refractivity contribution in [2.45, 2.75) is 6.54 Å². The fourth-order valence-electron chi connectivity index (χ4n) is 0.859. The molecule has 0 aromatic heterocycles. The summed E-state index contributed by atoms with van der Waals surface area (Å²) in [6.07, 6.45) is 1.60. The number of nitrogens with zero attached hydrogens (tertiary/aromatic N) is 1. The molecule has 0 aliphatic carbocycles. The smallest absolute Gasteiger partial charge is 0.0585 e. The third-order valence-electron chi connectivity index (χ3n) is 1.44. The molecule has 0 atom stereocenters. The summed E-state index contributed by atoms with van der Waals surface area (Å²) in [6, 6.07) is 10.0. The highest BCUT2D eigenvalue weighted by Crippen LogP contribution is 2.00. The summed E-state index contributed by atoms with van der Waals surface area (Å²) >= 11 is 0. The Morgan fingerprint density at radius 2 is 2.00 bits per heavy atom. The van der Waals surface area contributed by atoms with E-state index in [1.165, 1.54) is 5.56 Å². The summed E-state index contributed by atoms with van der Waals surface area (Å²) in [5.74, 6) is 5.52. The van der Waals surface area contributed by atoms with Crippen molar-refractivity contribution in [1.29, 1.82) is 0 Å². The lowest BCUT2D eigenvalue weighted by Gasteiger charge is -2.11. The Bertz CT molecular complexity index is 218. The molecule has 0 spiro atoms. The number of hydrazine groups is 1. The van der Waals surface area contributed by atoms with Gasteiger partial charge in [-0.1, -0.05) is 36.9 Å². The Morgan fingerprint density at radius 1 is 1.36 bits per heavy atom. The largest absolute Gasteiger partial charge is 0.314 e. The van der Waals surface area contributed by atoms with Crippen LogP contribution in [-0.4, -0.2) is 5.01 Å². The number of rotatable bonds is 3. The minimum Gasteiger partial charge on any atom is -0.314 e. The molecule has 0 heterocycles. The maximum Gasteiger partial charge on any atom is 0.0585 e. The maximum atomic E-state index is 5.52. The van der Waals surface area contributed by atoms with E-state index in [2.05, 4.69) is 6.58 Å². The van der Waals surface area contributed by atoms with E-state index in [4.69, 9.17) is 5.84 Å². The second-order valence-electron chi connectivity index (χ2n) is 2.34. The molecule has 11 heavy (non-hydrogen) atoms. The topological polar surface area (TPSA) is 29.3 Å². The van der Waals surface area contributed by atoms with Crippen LogP contribution in [-0.2, 0) is 6.54 Å². The molecule has 1 aromatic carbocycles. The van der Waals surface area contributed by atoms with E-state index >= 15 is 0 Å². The molecule has 0 radical (unpaired) electrons. The molecular formula is C9H12N2. The van der Waals surface area contributed by atoms with E-state index < -0.39 is 0 Å². The highest BCUT2D eigenvalue weighted by molar-refractivity contribution is 5.14. The lowest BCUT2D eigenvalue weighted by atomic mass is 10.2. The predicted octanol–water partition coefficient (Wildman–Crippen LogP) is 1.51. The second-order valence-corrected chi connectivity index (χ2v) is 2.34. The Hall–Kier alpha value is -1.28. The van der Waals surface area contributed by atoms with Gasteiger partial charge in [0.1, 0.15) is 0 Å².